The number of unbranched alkanes of at least 4 members (excludes halogenated alkanes) is 6. The van der Waals surface area contributed by atoms with Gasteiger partial charge in [-0.05, 0) is 74.1 Å². The van der Waals surface area contributed by atoms with E-state index < -0.39 is 23.0 Å². The second-order valence-corrected chi connectivity index (χ2v) is 15.0. The van der Waals surface area contributed by atoms with Crippen molar-refractivity contribution in [1.29, 1.82) is 15.8 Å². The van der Waals surface area contributed by atoms with Crippen LogP contribution in [0.25, 0.3) is 16.3 Å². The number of carbonyl (C=O) groups is 2. The van der Waals surface area contributed by atoms with Crippen LogP contribution in [-0.4, -0.2) is 53.7 Å². The molecular formula is C43H49N5O4. The van der Waals surface area contributed by atoms with Gasteiger partial charge in [0.2, 0.25) is 11.8 Å². The van der Waals surface area contributed by atoms with Crippen LogP contribution in [0.15, 0.2) is 65.5 Å². The number of amides is 2. The van der Waals surface area contributed by atoms with Crippen molar-refractivity contribution >= 4 is 33.8 Å². The van der Waals surface area contributed by atoms with Crippen LogP contribution in [0.4, 0.5) is 5.69 Å². The summed E-state index contributed by atoms with van der Waals surface area (Å²) >= 11 is 0. The Hall–Kier alpha value is -4.91. The smallest absolute Gasteiger partial charge is 0.236 e. The Bertz CT molecular complexity index is 1930. The van der Waals surface area contributed by atoms with Gasteiger partial charge in [0.1, 0.15) is 29.4 Å². The molecule has 4 heterocycles. The number of nitrogens with zero attached hydrogens (tertiary/aromatic N) is 5. The molecule has 2 aromatic carbocycles. The van der Waals surface area contributed by atoms with Crippen molar-refractivity contribution in [2.75, 3.05) is 24.5 Å². The van der Waals surface area contributed by atoms with E-state index in [4.69, 9.17) is 9.47 Å². The average molecular weight is 700 g/mol. The van der Waals surface area contributed by atoms with Crippen LogP contribution in [0.1, 0.15) is 97.5 Å². The molecule has 9 nitrogen and oxygen atoms in total. The van der Waals surface area contributed by atoms with Gasteiger partial charge in [0.15, 0.2) is 11.3 Å². The van der Waals surface area contributed by atoms with E-state index in [-0.39, 0.29) is 41.4 Å². The Kier molecular flexibility index (Phi) is 10.9. The highest BCUT2D eigenvalue weighted by molar-refractivity contribution is 6.07. The van der Waals surface area contributed by atoms with Gasteiger partial charge >= 0.3 is 0 Å². The van der Waals surface area contributed by atoms with Crippen LogP contribution < -0.4 is 4.90 Å². The van der Waals surface area contributed by atoms with Crippen molar-refractivity contribution in [2.45, 2.75) is 109 Å². The van der Waals surface area contributed by atoms with Crippen molar-refractivity contribution in [2.24, 2.45) is 11.8 Å². The molecule has 0 aromatic heterocycles. The van der Waals surface area contributed by atoms with Gasteiger partial charge in [-0.25, -0.2) is 0 Å². The molecule has 2 saturated heterocycles. The third kappa shape index (κ3) is 6.73. The van der Waals surface area contributed by atoms with Gasteiger partial charge in [-0.1, -0.05) is 82.7 Å². The summed E-state index contributed by atoms with van der Waals surface area (Å²) in [7, 11) is 0. The second kappa shape index (κ2) is 15.4. The van der Waals surface area contributed by atoms with E-state index >= 15 is 0 Å². The summed E-state index contributed by atoms with van der Waals surface area (Å²) in [5.74, 6) is -1.49. The number of hydrogen-bond acceptors (Lipinski definition) is 8. The number of benzene rings is 2. The first-order valence-electron chi connectivity index (χ1n) is 19.0. The fourth-order valence-electron chi connectivity index (χ4n) is 8.66. The Morgan fingerprint density at radius 2 is 1.54 bits per heavy atom. The summed E-state index contributed by atoms with van der Waals surface area (Å²) in [6.07, 6.45) is 13.8. The zero-order valence-electron chi connectivity index (χ0n) is 30.9. The molecule has 0 aliphatic carbocycles. The first-order chi connectivity index (χ1) is 25.1. The quantitative estimate of drug-likeness (QED) is 0.0741. The van der Waals surface area contributed by atoms with Gasteiger partial charge in [-0.3, -0.25) is 14.5 Å². The van der Waals surface area contributed by atoms with Crippen LogP contribution >= 0.6 is 0 Å². The average Bonchev–Trinajstić information content (AvgIpc) is 3.84. The predicted molar refractivity (Wildman–Crippen MR) is 200 cm³/mol. The first kappa shape index (κ1) is 36.9. The minimum absolute atomic E-state index is 0.0298. The van der Waals surface area contributed by atoms with Crippen molar-refractivity contribution in [3.05, 3.63) is 71.0 Å². The third-order valence-electron chi connectivity index (χ3n) is 11.4. The molecule has 2 bridgehead atoms. The maximum absolute atomic E-state index is 13.5. The molecule has 0 radical (unpaired) electrons. The van der Waals surface area contributed by atoms with E-state index in [2.05, 4.69) is 49.1 Å². The van der Waals surface area contributed by atoms with Crippen LogP contribution in [0, 0.1) is 45.8 Å². The highest BCUT2D eigenvalue weighted by atomic mass is 16.5. The van der Waals surface area contributed by atoms with Crippen LogP contribution in [0.3, 0.4) is 0 Å². The number of ether oxygens (including phenoxy) is 2. The van der Waals surface area contributed by atoms with E-state index in [1.54, 1.807) is 0 Å². The summed E-state index contributed by atoms with van der Waals surface area (Å²) in [5.41, 5.74) is 0.572. The first-order valence-corrected chi connectivity index (χ1v) is 19.0. The Balaban J connectivity index is 1.26. The number of hydrogen-bond donors (Lipinski definition) is 0. The fourth-order valence-corrected chi connectivity index (χ4v) is 8.66. The van der Waals surface area contributed by atoms with Crippen LogP contribution in [-0.2, 0) is 19.1 Å². The van der Waals surface area contributed by atoms with Gasteiger partial charge in [0.05, 0.1) is 23.5 Å². The monoisotopic (exact) mass is 699 g/mol. The lowest BCUT2D eigenvalue weighted by Gasteiger charge is -2.29. The Labute approximate surface area is 307 Å². The molecule has 2 amide bonds. The molecule has 6 rings (SSSR count). The molecule has 9 heteroatoms. The predicted octanol–water partition coefficient (Wildman–Crippen LogP) is 8.28. The van der Waals surface area contributed by atoms with Gasteiger partial charge in [0.25, 0.3) is 0 Å². The highest BCUT2D eigenvalue weighted by Gasteiger charge is 2.65. The molecule has 5 atom stereocenters. The zero-order chi connectivity index (χ0) is 37.0. The van der Waals surface area contributed by atoms with Gasteiger partial charge in [0, 0.05) is 30.9 Å². The lowest BCUT2D eigenvalue weighted by molar-refractivity contribution is -0.144. The molecule has 5 unspecified atom stereocenters. The summed E-state index contributed by atoms with van der Waals surface area (Å²) < 4.78 is 12.4. The Morgan fingerprint density at radius 1 is 0.865 bits per heavy atom. The molecule has 270 valence electrons. The molecule has 4 aliphatic rings. The molecule has 2 fully saturated rings. The van der Waals surface area contributed by atoms with E-state index in [1.807, 2.05) is 50.3 Å². The summed E-state index contributed by atoms with van der Waals surface area (Å²) in [4.78, 5) is 30.7. The van der Waals surface area contributed by atoms with Gasteiger partial charge in [-0.2, -0.15) is 15.8 Å². The largest absolute Gasteiger partial charge is 0.479 e. The third-order valence-corrected chi connectivity index (χ3v) is 11.4. The standard InChI is InChI=1S/C43H49N5O4/c1-5-7-9-11-21-47(22-12-10-8-6-2)33-17-16-29-24-31(15-14-30(29)25-33)37-34(28-46)39(32(26-44)27-45)52-42(37,3)19-13-23-48-40(49)36-35-18-20-43(4,51-35)38(36)41(48)50/h14-18,20,24-25,35-36,38H,5-13,19,21-23H2,1-4H3. The minimum Gasteiger partial charge on any atom is -0.479 e. The highest BCUT2D eigenvalue weighted by Crippen LogP contribution is 2.52. The molecule has 2 aromatic rings. The van der Waals surface area contributed by atoms with Crippen LogP contribution in [0.2, 0.25) is 0 Å². The number of rotatable bonds is 16. The molecule has 4 aliphatic heterocycles. The number of nitriles is 3. The molecular weight excluding hydrogens is 651 g/mol. The number of fused-ring (bicyclic) bond motifs is 6. The number of anilines is 1. The molecule has 0 spiro atoms. The Morgan fingerprint density at radius 3 is 2.17 bits per heavy atom. The molecule has 52 heavy (non-hydrogen) atoms. The summed E-state index contributed by atoms with van der Waals surface area (Å²) in [6, 6.07) is 18.7. The van der Waals surface area contributed by atoms with E-state index in [0.717, 1.165) is 42.3 Å². The topological polar surface area (TPSA) is 130 Å². The number of likely N-dealkylation sites (tertiary alicyclic amines) is 1. The van der Waals surface area contributed by atoms with Crippen molar-refractivity contribution in [1.82, 2.24) is 4.90 Å². The van der Waals surface area contributed by atoms with Crippen LogP contribution in [0.5, 0.6) is 0 Å². The molecule has 0 N–H and O–H groups in total. The van der Waals surface area contributed by atoms with Crippen molar-refractivity contribution in [3.63, 3.8) is 0 Å². The van der Waals surface area contributed by atoms with E-state index in [9.17, 15) is 25.4 Å². The second-order valence-electron chi connectivity index (χ2n) is 15.0. The maximum atomic E-state index is 13.5. The normalized spacial score (nSPS) is 25.8. The number of carbonyl (C=O) groups excluding carboxylic acids is 2. The SMILES string of the molecule is CCCCCCN(CCCCCC)c1ccc2cc(C3=C(C#N)C(=C(C#N)C#N)OC3(C)CCCN3C(=O)C4C5C=CC(C)(O5)C4C3=O)ccc2c1. The summed E-state index contributed by atoms with van der Waals surface area (Å²) in [6.45, 7) is 10.4. The summed E-state index contributed by atoms with van der Waals surface area (Å²) in [5, 5.41) is 32.1. The maximum Gasteiger partial charge on any atom is 0.236 e. The van der Waals surface area contributed by atoms with Crippen molar-refractivity contribution < 1.29 is 19.1 Å². The lowest BCUT2D eigenvalue weighted by atomic mass is 9.78. The minimum atomic E-state index is -1.10. The number of imide groups is 1. The van der Waals surface area contributed by atoms with E-state index in [1.165, 1.54) is 49.1 Å². The van der Waals surface area contributed by atoms with Crippen molar-refractivity contribution in [3.8, 4) is 18.2 Å². The van der Waals surface area contributed by atoms with E-state index in [0.29, 0.717) is 18.4 Å². The molecule has 0 saturated carbocycles. The zero-order valence-corrected chi connectivity index (χ0v) is 30.9. The van der Waals surface area contributed by atoms with Gasteiger partial charge in [-0.15, -0.1) is 0 Å². The number of allylic oxidation sites excluding steroid dienone is 2. The lowest BCUT2D eigenvalue weighted by Crippen LogP contribution is -2.39. The van der Waals surface area contributed by atoms with Gasteiger partial charge < -0.3 is 14.4 Å². The fraction of sp³-hybridized carbons (Fsp3) is 0.512.